The first-order valence-electron chi connectivity index (χ1n) is 11.5. The molecule has 32 heavy (non-hydrogen) atoms. The van der Waals surface area contributed by atoms with E-state index >= 15 is 0 Å². The first-order chi connectivity index (χ1) is 15.7. The molecule has 0 aliphatic rings. The summed E-state index contributed by atoms with van der Waals surface area (Å²) in [6, 6.07) is 22.7. The fraction of sp³-hybridized carbons (Fsp3) is 0.226. The fourth-order valence-electron chi connectivity index (χ4n) is 3.71. The van der Waals surface area contributed by atoms with Gasteiger partial charge in [0.2, 0.25) is 0 Å². The van der Waals surface area contributed by atoms with E-state index in [1.54, 1.807) is 6.07 Å². The van der Waals surface area contributed by atoms with Gasteiger partial charge in [-0.2, -0.15) is 0 Å². The van der Waals surface area contributed by atoms with Crippen molar-refractivity contribution in [1.29, 1.82) is 0 Å². The normalized spacial score (nSPS) is 11.4. The van der Waals surface area contributed by atoms with E-state index in [2.05, 4.69) is 86.3 Å². The largest absolute Gasteiger partial charge is 0.207 e. The minimum Gasteiger partial charge on any atom is -0.207 e. The van der Waals surface area contributed by atoms with Crippen LogP contribution in [0.25, 0.3) is 11.1 Å². The lowest BCUT2D eigenvalue weighted by Crippen LogP contribution is -1.91. The lowest BCUT2D eigenvalue weighted by atomic mass is 9.99. The van der Waals surface area contributed by atoms with E-state index in [0.29, 0.717) is 6.42 Å². The van der Waals surface area contributed by atoms with Gasteiger partial charge in [0.05, 0.1) is 0 Å². The van der Waals surface area contributed by atoms with E-state index in [4.69, 9.17) is 0 Å². The van der Waals surface area contributed by atoms with Crippen molar-refractivity contribution < 1.29 is 4.39 Å². The van der Waals surface area contributed by atoms with Crippen LogP contribution >= 0.6 is 0 Å². The number of halogens is 1. The summed E-state index contributed by atoms with van der Waals surface area (Å²) in [7, 11) is 0. The first-order valence-corrected chi connectivity index (χ1v) is 11.5. The van der Waals surface area contributed by atoms with Gasteiger partial charge in [-0.1, -0.05) is 91.0 Å². The summed E-state index contributed by atoms with van der Waals surface area (Å²) >= 11 is 0. The Kier molecular flexibility index (Phi) is 9.25. The van der Waals surface area contributed by atoms with E-state index in [1.807, 2.05) is 18.2 Å². The van der Waals surface area contributed by atoms with Crippen molar-refractivity contribution in [2.24, 2.45) is 0 Å². The Balaban J connectivity index is 1.53. The van der Waals surface area contributed by atoms with Crippen LogP contribution in [-0.2, 0) is 25.7 Å². The maximum Gasteiger partial charge on any atom is 0.127 e. The third-order valence-electron chi connectivity index (χ3n) is 5.69. The molecule has 0 spiro atoms. The smallest absolute Gasteiger partial charge is 0.127 e. The van der Waals surface area contributed by atoms with Gasteiger partial charge in [0.25, 0.3) is 0 Å². The predicted molar refractivity (Wildman–Crippen MR) is 136 cm³/mol. The molecule has 3 aromatic rings. The number of hydrogen-bond acceptors (Lipinski definition) is 0. The molecule has 0 aromatic heterocycles. The van der Waals surface area contributed by atoms with Crippen LogP contribution in [0.15, 0.2) is 104 Å². The molecule has 3 aromatic carbocycles. The average Bonchev–Trinajstić information content (AvgIpc) is 2.83. The summed E-state index contributed by atoms with van der Waals surface area (Å²) in [6.07, 6.45) is 16.0. The molecule has 0 amide bonds. The van der Waals surface area contributed by atoms with E-state index < -0.39 is 0 Å². The van der Waals surface area contributed by atoms with Crippen LogP contribution in [0.4, 0.5) is 4.39 Å². The molecule has 0 fully saturated rings. The molecule has 0 saturated carbocycles. The second-order valence-corrected chi connectivity index (χ2v) is 8.13. The summed E-state index contributed by atoms with van der Waals surface area (Å²) in [5.74, 6) is -0.145. The quantitative estimate of drug-likeness (QED) is 0.271. The van der Waals surface area contributed by atoms with Gasteiger partial charge < -0.3 is 0 Å². The summed E-state index contributed by atoms with van der Waals surface area (Å²) in [6.45, 7) is 5.82. The third kappa shape index (κ3) is 7.20. The van der Waals surface area contributed by atoms with Crippen LogP contribution in [0.1, 0.15) is 42.0 Å². The number of aryl methyl sites for hydroxylation is 2. The predicted octanol–water partition coefficient (Wildman–Crippen LogP) is 8.46. The molecular formula is C31H33F. The van der Waals surface area contributed by atoms with Crippen molar-refractivity contribution >= 4 is 0 Å². The van der Waals surface area contributed by atoms with Crippen molar-refractivity contribution in [3.05, 3.63) is 132 Å². The van der Waals surface area contributed by atoms with Gasteiger partial charge in [0, 0.05) is 0 Å². The van der Waals surface area contributed by atoms with Crippen molar-refractivity contribution in [3.8, 4) is 11.1 Å². The van der Waals surface area contributed by atoms with Crippen LogP contribution in [0.2, 0.25) is 0 Å². The van der Waals surface area contributed by atoms with Crippen LogP contribution in [-0.4, -0.2) is 0 Å². The van der Waals surface area contributed by atoms with Gasteiger partial charge in [0.15, 0.2) is 0 Å². The highest BCUT2D eigenvalue weighted by Crippen LogP contribution is 2.23. The maximum absolute atomic E-state index is 14.7. The van der Waals surface area contributed by atoms with Gasteiger partial charge in [-0.15, -0.1) is 6.58 Å². The van der Waals surface area contributed by atoms with Crippen LogP contribution in [0.3, 0.4) is 0 Å². The van der Waals surface area contributed by atoms with E-state index in [-0.39, 0.29) is 5.82 Å². The van der Waals surface area contributed by atoms with Crippen molar-refractivity contribution in [2.45, 2.75) is 45.4 Å². The lowest BCUT2D eigenvalue weighted by Gasteiger charge is -2.07. The Labute approximate surface area is 192 Å². The van der Waals surface area contributed by atoms with Gasteiger partial charge in [0.1, 0.15) is 5.82 Å². The topological polar surface area (TPSA) is 0 Å². The summed E-state index contributed by atoms with van der Waals surface area (Å²) in [5, 5.41) is 0. The molecule has 164 valence electrons. The molecule has 0 heterocycles. The van der Waals surface area contributed by atoms with Gasteiger partial charge in [-0.25, -0.2) is 4.39 Å². The SMILES string of the molecule is C=CCCc1ccc(-c2ccc(C/C=C/Cc3ccc(CC/C=C/C)cc3)c(F)c2)cc1. The van der Waals surface area contributed by atoms with Gasteiger partial charge >= 0.3 is 0 Å². The monoisotopic (exact) mass is 424 g/mol. The second-order valence-electron chi connectivity index (χ2n) is 8.13. The molecule has 0 aliphatic carbocycles. The Hall–Kier alpha value is -3.19. The zero-order chi connectivity index (χ0) is 22.6. The molecule has 0 bridgehead atoms. The fourth-order valence-corrected chi connectivity index (χ4v) is 3.71. The minimum absolute atomic E-state index is 0.145. The van der Waals surface area contributed by atoms with Crippen molar-refractivity contribution in [2.75, 3.05) is 0 Å². The Bertz CT molecular complexity index is 1040. The average molecular weight is 425 g/mol. The molecule has 0 N–H and O–H groups in total. The van der Waals surface area contributed by atoms with Crippen molar-refractivity contribution in [3.63, 3.8) is 0 Å². The minimum atomic E-state index is -0.145. The van der Waals surface area contributed by atoms with Gasteiger partial charge in [-0.3, -0.25) is 0 Å². The van der Waals surface area contributed by atoms with Crippen LogP contribution in [0.5, 0.6) is 0 Å². The highest BCUT2D eigenvalue weighted by molar-refractivity contribution is 5.64. The number of allylic oxidation sites excluding steroid dienone is 5. The first kappa shape index (κ1) is 23.5. The summed E-state index contributed by atoms with van der Waals surface area (Å²) < 4.78 is 14.7. The van der Waals surface area contributed by atoms with Crippen LogP contribution < -0.4 is 0 Å². The summed E-state index contributed by atoms with van der Waals surface area (Å²) in [4.78, 5) is 0. The molecule has 0 atom stereocenters. The van der Waals surface area contributed by atoms with E-state index in [9.17, 15) is 4.39 Å². The van der Waals surface area contributed by atoms with E-state index in [0.717, 1.165) is 48.8 Å². The Morgan fingerprint density at radius 1 is 0.688 bits per heavy atom. The van der Waals surface area contributed by atoms with Crippen molar-refractivity contribution in [1.82, 2.24) is 0 Å². The molecular weight excluding hydrogens is 391 g/mol. The molecule has 3 rings (SSSR count). The number of rotatable bonds is 11. The number of hydrogen-bond donors (Lipinski definition) is 0. The third-order valence-corrected chi connectivity index (χ3v) is 5.69. The standard InChI is InChI=1S/C31H33F/c1-3-5-7-11-26-14-16-27(17-15-26)12-8-9-13-29-22-23-30(24-31(29)32)28-20-18-25(19-21-28)10-6-4-2/h3-5,8-9,14-24H,2,6-7,10-13H2,1H3/b5-3+,9-8+. The van der Waals surface area contributed by atoms with E-state index in [1.165, 1.54) is 16.7 Å². The van der Waals surface area contributed by atoms with Gasteiger partial charge in [-0.05, 0) is 84.9 Å². The zero-order valence-electron chi connectivity index (χ0n) is 19.1. The summed E-state index contributed by atoms with van der Waals surface area (Å²) in [5.41, 5.74) is 6.61. The molecule has 0 nitrogen and oxygen atoms in total. The molecule has 0 aliphatic heterocycles. The Morgan fingerprint density at radius 2 is 1.28 bits per heavy atom. The highest BCUT2D eigenvalue weighted by atomic mass is 19.1. The molecule has 1 heteroatoms. The van der Waals surface area contributed by atoms with Crippen LogP contribution in [0, 0.1) is 5.82 Å². The molecule has 0 unspecified atom stereocenters. The maximum atomic E-state index is 14.7. The Morgan fingerprint density at radius 3 is 1.94 bits per heavy atom. The zero-order valence-corrected chi connectivity index (χ0v) is 19.1. The number of benzene rings is 3. The highest BCUT2D eigenvalue weighted by Gasteiger charge is 2.05. The lowest BCUT2D eigenvalue weighted by molar-refractivity contribution is 0.615. The molecule has 0 saturated heterocycles. The second kappa shape index (κ2) is 12.6. The molecule has 0 radical (unpaired) electrons.